The monoisotopic (exact) mass is 367 g/mol. The highest BCUT2D eigenvalue weighted by atomic mass is 79.9. The number of nitrogens with zero attached hydrogens (tertiary/aromatic N) is 3. The lowest BCUT2D eigenvalue weighted by Gasteiger charge is -2.32. The van der Waals surface area contributed by atoms with Crippen molar-refractivity contribution in [2.45, 2.75) is 18.8 Å². The number of nitro benzene ring substituents is 1. The number of nitro groups is 1. The molecule has 3 rings (SSSR count). The zero-order valence-corrected chi connectivity index (χ0v) is 13.6. The van der Waals surface area contributed by atoms with Gasteiger partial charge in [-0.15, -0.1) is 11.3 Å². The summed E-state index contributed by atoms with van der Waals surface area (Å²) in [6, 6.07) is 5.11. The summed E-state index contributed by atoms with van der Waals surface area (Å²) in [5.74, 6) is 0.479. The van der Waals surface area contributed by atoms with Crippen LogP contribution >= 0.6 is 27.3 Å². The number of benzene rings is 1. The molecule has 0 saturated carbocycles. The summed E-state index contributed by atoms with van der Waals surface area (Å²) in [6.07, 6.45) is 3.81. The van der Waals surface area contributed by atoms with E-state index in [1.54, 1.807) is 23.5 Å². The van der Waals surface area contributed by atoms with Crippen molar-refractivity contribution in [3.05, 3.63) is 49.4 Å². The van der Waals surface area contributed by atoms with Gasteiger partial charge in [0.15, 0.2) is 0 Å². The molecule has 5 nitrogen and oxygen atoms in total. The maximum absolute atomic E-state index is 11.2. The third-order valence-electron chi connectivity index (χ3n) is 3.77. The minimum atomic E-state index is -0.311. The van der Waals surface area contributed by atoms with Gasteiger partial charge in [-0.3, -0.25) is 10.1 Å². The Morgan fingerprint density at radius 3 is 2.76 bits per heavy atom. The molecule has 0 amide bonds. The van der Waals surface area contributed by atoms with Crippen molar-refractivity contribution < 1.29 is 4.92 Å². The smallest absolute Gasteiger partial charge is 0.292 e. The Labute approximate surface area is 134 Å². The Hall–Kier alpha value is -1.47. The van der Waals surface area contributed by atoms with Crippen molar-refractivity contribution >= 4 is 38.6 Å². The van der Waals surface area contributed by atoms with E-state index in [1.807, 2.05) is 17.6 Å². The first-order valence-electron chi connectivity index (χ1n) is 6.73. The van der Waals surface area contributed by atoms with Crippen LogP contribution in [0.2, 0.25) is 0 Å². The predicted molar refractivity (Wildman–Crippen MR) is 87.1 cm³/mol. The molecule has 1 aliphatic heterocycles. The largest absolute Gasteiger partial charge is 0.366 e. The predicted octanol–water partition coefficient (Wildman–Crippen LogP) is 4.20. The molecule has 0 N–H and O–H groups in total. The number of hydrogen-bond acceptors (Lipinski definition) is 5. The molecule has 0 atom stereocenters. The first-order valence-corrected chi connectivity index (χ1v) is 8.40. The van der Waals surface area contributed by atoms with E-state index in [0.29, 0.717) is 11.6 Å². The van der Waals surface area contributed by atoms with E-state index in [4.69, 9.17) is 0 Å². The maximum atomic E-state index is 11.2. The van der Waals surface area contributed by atoms with Crippen LogP contribution in [0.1, 0.15) is 23.8 Å². The lowest BCUT2D eigenvalue weighted by atomic mass is 9.97. The molecule has 2 aromatic rings. The third-order valence-corrected chi connectivity index (χ3v) is 5.20. The van der Waals surface area contributed by atoms with Crippen molar-refractivity contribution in [1.82, 2.24) is 4.98 Å². The van der Waals surface area contributed by atoms with Gasteiger partial charge in [0.2, 0.25) is 0 Å². The van der Waals surface area contributed by atoms with Crippen LogP contribution in [0.15, 0.2) is 34.2 Å². The number of piperidine rings is 1. The fourth-order valence-electron chi connectivity index (χ4n) is 2.71. The SMILES string of the molecule is O=[N+]([O-])c1ccc(Br)cc1N1CCC(c2nccs2)CC1. The van der Waals surface area contributed by atoms with Crippen molar-refractivity contribution in [3.8, 4) is 0 Å². The van der Waals surface area contributed by atoms with E-state index < -0.39 is 0 Å². The highest BCUT2D eigenvalue weighted by molar-refractivity contribution is 9.10. The second kappa shape index (κ2) is 6.11. The molecule has 0 bridgehead atoms. The first-order chi connectivity index (χ1) is 10.1. The lowest BCUT2D eigenvalue weighted by Crippen LogP contribution is -2.33. The number of rotatable bonds is 3. The van der Waals surface area contributed by atoms with Crippen molar-refractivity contribution in [2.24, 2.45) is 0 Å². The van der Waals surface area contributed by atoms with Gasteiger partial charge in [-0.05, 0) is 25.0 Å². The molecular formula is C14H14BrN3O2S. The molecule has 0 spiro atoms. The van der Waals surface area contributed by atoms with E-state index >= 15 is 0 Å². The highest BCUT2D eigenvalue weighted by Crippen LogP contribution is 2.36. The van der Waals surface area contributed by atoms with Gasteiger partial charge in [0.05, 0.1) is 9.93 Å². The minimum absolute atomic E-state index is 0.172. The van der Waals surface area contributed by atoms with Crippen molar-refractivity contribution in [3.63, 3.8) is 0 Å². The molecule has 1 aromatic heterocycles. The molecule has 2 heterocycles. The van der Waals surface area contributed by atoms with Crippen LogP contribution in [0.3, 0.4) is 0 Å². The van der Waals surface area contributed by atoms with Gasteiger partial charge in [-0.1, -0.05) is 15.9 Å². The Morgan fingerprint density at radius 1 is 1.38 bits per heavy atom. The molecule has 1 fully saturated rings. The summed E-state index contributed by atoms with van der Waals surface area (Å²) in [4.78, 5) is 17.4. The quantitative estimate of drug-likeness (QED) is 0.602. The van der Waals surface area contributed by atoms with E-state index in [0.717, 1.165) is 30.4 Å². The zero-order chi connectivity index (χ0) is 14.8. The number of halogens is 1. The van der Waals surface area contributed by atoms with Crippen LogP contribution in [-0.2, 0) is 0 Å². The molecule has 0 unspecified atom stereocenters. The fraction of sp³-hybridized carbons (Fsp3) is 0.357. The molecule has 1 aliphatic rings. The number of hydrogen-bond donors (Lipinski definition) is 0. The summed E-state index contributed by atoms with van der Waals surface area (Å²) in [6.45, 7) is 1.64. The average molecular weight is 368 g/mol. The van der Waals surface area contributed by atoms with Gasteiger partial charge >= 0.3 is 0 Å². The van der Waals surface area contributed by atoms with Crippen LogP contribution in [0.25, 0.3) is 0 Å². The molecule has 7 heteroatoms. The van der Waals surface area contributed by atoms with Crippen LogP contribution in [0, 0.1) is 10.1 Å². The topological polar surface area (TPSA) is 59.3 Å². The molecular weight excluding hydrogens is 354 g/mol. The van der Waals surface area contributed by atoms with Gasteiger partial charge in [0.25, 0.3) is 5.69 Å². The lowest BCUT2D eigenvalue weighted by molar-refractivity contribution is -0.384. The van der Waals surface area contributed by atoms with Crippen LogP contribution in [0.5, 0.6) is 0 Å². The Balaban J connectivity index is 1.78. The number of anilines is 1. The Morgan fingerprint density at radius 2 is 2.14 bits per heavy atom. The van der Waals surface area contributed by atoms with Crippen molar-refractivity contribution in [1.29, 1.82) is 0 Å². The summed E-state index contributed by atoms with van der Waals surface area (Å²) >= 11 is 5.09. The van der Waals surface area contributed by atoms with Gasteiger partial charge in [0, 0.05) is 41.1 Å². The van der Waals surface area contributed by atoms with E-state index in [2.05, 4.69) is 25.8 Å². The van der Waals surface area contributed by atoms with Gasteiger partial charge in [0.1, 0.15) is 5.69 Å². The maximum Gasteiger partial charge on any atom is 0.292 e. The highest BCUT2D eigenvalue weighted by Gasteiger charge is 2.26. The second-order valence-corrected chi connectivity index (χ2v) is 6.86. The molecule has 1 aromatic carbocycles. The number of thiazole rings is 1. The summed E-state index contributed by atoms with van der Waals surface area (Å²) in [7, 11) is 0. The van der Waals surface area contributed by atoms with Gasteiger partial charge < -0.3 is 4.90 Å². The minimum Gasteiger partial charge on any atom is -0.366 e. The number of aromatic nitrogens is 1. The average Bonchev–Trinajstić information content (AvgIpc) is 3.01. The molecule has 21 heavy (non-hydrogen) atoms. The second-order valence-electron chi connectivity index (χ2n) is 5.02. The van der Waals surface area contributed by atoms with Crippen LogP contribution < -0.4 is 4.90 Å². The van der Waals surface area contributed by atoms with E-state index in [9.17, 15) is 10.1 Å². The van der Waals surface area contributed by atoms with Crippen LogP contribution in [-0.4, -0.2) is 23.0 Å². The van der Waals surface area contributed by atoms with Gasteiger partial charge in [-0.25, -0.2) is 4.98 Å². The zero-order valence-electron chi connectivity index (χ0n) is 11.2. The molecule has 110 valence electrons. The van der Waals surface area contributed by atoms with Crippen LogP contribution in [0.4, 0.5) is 11.4 Å². The first kappa shape index (κ1) is 14.5. The van der Waals surface area contributed by atoms with Crippen molar-refractivity contribution in [2.75, 3.05) is 18.0 Å². The molecule has 0 radical (unpaired) electrons. The standard InChI is InChI=1S/C14H14BrN3O2S/c15-11-1-2-12(18(19)20)13(9-11)17-6-3-10(4-7-17)14-16-5-8-21-14/h1-2,5,8-10H,3-4,6-7H2. The molecule has 1 saturated heterocycles. The summed E-state index contributed by atoms with van der Waals surface area (Å²) < 4.78 is 0.866. The molecule has 0 aliphatic carbocycles. The fourth-order valence-corrected chi connectivity index (χ4v) is 3.87. The Bertz CT molecular complexity index is 640. The summed E-state index contributed by atoms with van der Waals surface area (Å²) in [5, 5.41) is 14.4. The normalized spacial score (nSPS) is 16.1. The van der Waals surface area contributed by atoms with E-state index in [-0.39, 0.29) is 10.6 Å². The van der Waals surface area contributed by atoms with Gasteiger partial charge in [-0.2, -0.15) is 0 Å². The third kappa shape index (κ3) is 3.08. The Kier molecular flexibility index (Phi) is 4.21. The van der Waals surface area contributed by atoms with E-state index in [1.165, 1.54) is 5.01 Å². The summed E-state index contributed by atoms with van der Waals surface area (Å²) in [5.41, 5.74) is 0.873.